The fraction of sp³-hybridized carbons (Fsp3) is 0.500. The van der Waals surface area contributed by atoms with Crippen molar-refractivity contribution in [3.8, 4) is 0 Å². The Kier molecular flexibility index (Phi) is 3.71. The zero-order valence-corrected chi connectivity index (χ0v) is 13.8. The summed E-state index contributed by atoms with van der Waals surface area (Å²) in [5, 5.41) is 0.240. The molecule has 1 aliphatic heterocycles. The van der Waals surface area contributed by atoms with Crippen LogP contribution in [0.3, 0.4) is 0 Å². The Balaban J connectivity index is 1.99. The first-order valence-corrected chi connectivity index (χ1v) is 9.52. The molecule has 0 N–H and O–H groups in total. The van der Waals surface area contributed by atoms with Gasteiger partial charge in [-0.3, -0.25) is 4.79 Å². The number of rotatable bonds is 2. The summed E-state index contributed by atoms with van der Waals surface area (Å²) in [6, 6.07) is 3.13. The van der Waals surface area contributed by atoms with E-state index in [0.29, 0.717) is 11.5 Å². The fourth-order valence-corrected chi connectivity index (χ4v) is 4.87. The average Bonchev–Trinajstić information content (AvgIpc) is 3.01. The zero-order chi connectivity index (χ0) is 15.4. The van der Waals surface area contributed by atoms with Crippen molar-refractivity contribution in [2.45, 2.75) is 37.1 Å². The number of amides is 1. The molecule has 114 valence electrons. The third kappa shape index (κ3) is 2.67. The van der Waals surface area contributed by atoms with Crippen molar-refractivity contribution in [3.05, 3.63) is 28.3 Å². The molecule has 2 unspecified atom stereocenters. The van der Waals surface area contributed by atoms with Crippen molar-refractivity contribution in [3.63, 3.8) is 0 Å². The summed E-state index contributed by atoms with van der Waals surface area (Å²) in [6.07, 6.45) is 3.24. The van der Waals surface area contributed by atoms with Crippen LogP contribution in [0.25, 0.3) is 0 Å². The van der Waals surface area contributed by atoms with E-state index in [1.54, 1.807) is 6.92 Å². The minimum absolute atomic E-state index is 0.0932. The van der Waals surface area contributed by atoms with Gasteiger partial charge >= 0.3 is 0 Å². The molecule has 1 aromatic rings. The van der Waals surface area contributed by atoms with Gasteiger partial charge in [-0.05, 0) is 49.8 Å². The summed E-state index contributed by atoms with van der Waals surface area (Å²) in [7, 11) is 1.50. The van der Waals surface area contributed by atoms with Gasteiger partial charge in [0.2, 0.25) is 0 Å². The topological polar surface area (TPSA) is 54.5 Å². The van der Waals surface area contributed by atoms with Gasteiger partial charge in [-0.2, -0.15) is 0 Å². The van der Waals surface area contributed by atoms with Crippen molar-refractivity contribution >= 4 is 37.2 Å². The van der Waals surface area contributed by atoms with Crippen molar-refractivity contribution in [2.75, 3.05) is 6.54 Å². The van der Waals surface area contributed by atoms with Gasteiger partial charge < -0.3 is 4.90 Å². The molecular formula is C14H15Cl2NO3S. The molecule has 3 rings (SSSR count). The molecule has 1 heterocycles. The maximum atomic E-state index is 12.6. The smallest absolute Gasteiger partial charge is 0.261 e. The second kappa shape index (κ2) is 5.14. The van der Waals surface area contributed by atoms with E-state index in [4.69, 9.17) is 22.3 Å². The van der Waals surface area contributed by atoms with Crippen LogP contribution in [0.1, 0.15) is 35.2 Å². The summed E-state index contributed by atoms with van der Waals surface area (Å²) in [6.45, 7) is 2.32. The van der Waals surface area contributed by atoms with E-state index in [1.807, 2.05) is 4.90 Å². The lowest BCUT2D eigenvalue weighted by atomic mass is 10.1. The van der Waals surface area contributed by atoms with Gasteiger partial charge in [-0.25, -0.2) is 8.42 Å². The first-order chi connectivity index (χ1) is 9.77. The molecule has 1 saturated heterocycles. The predicted molar refractivity (Wildman–Crippen MR) is 81.4 cm³/mol. The van der Waals surface area contributed by atoms with Crippen LogP contribution in [-0.2, 0) is 9.05 Å². The molecule has 2 aliphatic rings. The molecule has 1 aromatic carbocycles. The number of nitrogens with zero attached hydrogens (tertiary/aromatic N) is 1. The number of carbonyl (C=O) groups excluding carboxylic acids is 1. The monoisotopic (exact) mass is 347 g/mol. The number of piperidine rings is 1. The lowest BCUT2D eigenvalue weighted by Crippen LogP contribution is -2.37. The highest BCUT2D eigenvalue weighted by Gasteiger charge is 2.40. The lowest BCUT2D eigenvalue weighted by molar-refractivity contribution is 0.0703. The Morgan fingerprint density at radius 3 is 2.57 bits per heavy atom. The summed E-state index contributed by atoms with van der Waals surface area (Å²) >= 11 is 6.06. The highest BCUT2D eigenvalue weighted by molar-refractivity contribution is 8.13. The van der Waals surface area contributed by atoms with Crippen LogP contribution < -0.4 is 0 Å². The Bertz CT molecular complexity index is 717. The predicted octanol–water partition coefficient (Wildman–Crippen LogP) is 3.20. The Morgan fingerprint density at radius 1 is 1.33 bits per heavy atom. The van der Waals surface area contributed by atoms with Crippen LogP contribution in [0, 0.1) is 12.8 Å². The molecular weight excluding hydrogens is 333 g/mol. The fourth-order valence-electron chi connectivity index (χ4n) is 3.37. The van der Waals surface area contributed by atoms with Gasteiger partial charge in [0.25, 0.3) is 15.0 Å². The van der Waals surface area contributed by atoms with Gasteiger partial charge in [-0.15, -0.1) is 0 Å². The molecule has 1 saturated carbocycles. The quantitative estimate of drug-likeness (QED) is 0.772. The summed E-state index contributed by atoms with van der Waals surface area (Å²) in [5.74, 6) is 0.418. The van der Waals surface area contributed by atoms with Crippen molar-refractivity contribution < 1.29 is 13.2 Å². The van der Waals surface area contributed by atoms with Crippen molar-refractivity contribution in [1.29, 1.82) is 0 Å². The summed E-state index contributed by atoms with van der Waals surface area (Å²) in [4.78, 5) is 14.3. The second-order valence-electron chi connectivity index (χ2n) is 5.81. The van der Waals surface area contributed by atoms with Crippen molar-refractivity contribution in [1.82, 2.24) is 4.90 Å². The molecule has 21 heavy (non-hydrogen) atoms. The SMILES string of the molecule is Cc1c(Cl)cc(C(=O)N2CC3CCC2C3)cc1S(=O)(=O)Cl. The van der Waals surface area contributed by atoms with Gasteiger partial charge in [-0.1, -0.05) is 11.6 Å². The van der Waals surface area contributed by atoms with E-state index < -0.39 is 9.05 Å². The molecule has 0 spiro atoms. The number of hydrogen-bond acceptors (Lipinski definition) is 3. The van der Waals surface area contributed by atoms with E-state index >= 15 is 0 Å². The molecule has 1 aliphatic carbocycles. The largest absolute Gasteiger partial charge is 0.335 e. The van der Waals surface area contributed by atoms with E-state index in [-0.39, 0.29) is 27.4 Å². The number of carbonyl (C=O) groups is 1. The van der Waals surface area contributed by atoms with E-state index in [2.05, 4.69) is 0 Å². The van der Waals surface area contributed by atoms with E-state index in [0.717, 1.165) is 19.4 Å². The molecule has 1 amide bonds. The van der Waals surface area contributed by atoms with Crippen molar-refractivity contribution in [2.24, 2.45) is 5.92 Å². The standard InChI is InChI=1S/C14H15Cl2NO3S/c1-8-12(15)5-10(6-13(8)21(16,19)20)14(18)17-7-9-2-3-11(17)4-9/h5-6,9,11H,2-4,7H2,1H3. The minimum atomic E-state index is -3.93. The summed E-state index contributed by atoms with van der Waals surface area (Å²) < 4.78 is 23.2. The van der Waals surface area contributed by atoms with Gasteiger partial charge in [0, 0.05) is 33.9 Å². The van der Waals surface area contributed by atoms with Crippen LogP contribution in [0.4, 0.5) is 0 Å². The molecule has 7 heteroatoms. The third-order valence-corrected chi connectivity index (χ3v) is 6.32. The Labute approximate surface area is 133 Å². The molecule has 0 radical (unpaired) electrons. The molecule has 2 atom stereocenters. The van der Waals surface area contributed by atoms with E-state index in [9.17, 15) is 13.2 Å². The zero-order valence-electron chi connectivity index (χ0n) is 11.5. The number of fused-ring (bicyclic) bond motifs is 2. The van der Waals surface area contributed by atoms with Crippen LogP contribution in [0.2, 0.25) is 5.02 Å². The van der Waals surface area contributed by atoms with Crippen LogP contribution >= 0.6 is 22.3 Å². The highest BCUT2D eigenvalue weighted by atomic mass is 35.7. The molecule has 2 bridgehead atoms. The summed E-state index contributed by atoms with van der Waals surface area (Å²) in [5.41, 5.74) is 0.656. The van der Waals surface area contributed by atoms with Gasteiger partial charge in [0.15, 0.2) is 0 Å². The first kappa shape index (κ1) is 15.1. The minimum Gasteiger partial charge on any atom is -0.335 e. The van der Waals surface area contributed by atoms with Gasteiger partial charge in [0.1, 0.15) is 0 Å². The number of halogens is 2. The number of benzene rings is 1. The maximum absolute atomic E-state index is 12.6. The molecule has 0 aromatic heterocycles. The highest BCUT2D eigenvalue weighted by Crippen LogP contribution is 2.38. The van der Waals surface area contributed by atoms with Crippen LogP contribution in [0.5, 0.6) is 0 Å². The Hall–Kier alpha value is -0.780. The molecule has 2 fully saturated rings. The second-order valence-corrected chi connectivity index (χ2v) is 8.75. The van der Waals surface area contributed by atoms with Crippen LogP contribution in [0.15, 0.2) is 17.0 Å². The first-order valence-electron chi connectivity index (χ1n) is 6.83. The number of likely N-dealkylation sites (tertiary alicyclic amines) is 1. The Morgan fingerprint density at radius 2 is 2.05 bits per heavy atom. The van der Waals surface area contributed by atoms with E-state index in [1.165, 1.54) is 18.6 Å². The average molecular weight is 348 g/mol. The van der Waals surface area contributed by atoms with Gasteiger partial charge in [0.05, 0.1) is 4.90 Å². The maximum Gasteiger partial charge on any atom is 0.261 e. The third-order valence-electron chi connectivity index (χ3n) is 4.48. The number of hydrogen-bond donors (Lipinski definition) is 0. The lowest BCUT2D eigenvalue weighted by Gasteiger charge is -2.27. The van der Waals surface area contributed by atoms with Crippen LogP contribution in [-0.4, -0.2) is 31.8 Å². The molecule has 4 nitrogen and oxygen atoms in total. The normalized spacial score (nSPS) is 24.6.